The predicted octanol–water partition coefficient (Wildman–Crippen LogP) is -2.62. The summed E-state index contributed by atoms with van der Waals surface area (Å²) >= 11 is 0. The van der Waals surface area contributed by atoms with E-state index in [-0.39, 0.29) is 83.3 Å². The maximum absolute atomic E-state index is 14.4. The van der Waals surface area contributed by atoms with Crippen LogP contribution in [0.2, 0.25) is 0 Å². The molecule has 6 atom stereocenters. The molecule has 4 rings (SSSR count). The van der Waals surface area contributed by atoms with Gasteiger partial charge in [0, 0.05) is 62.8 Å². The van der Waals surface area contributed by atoms with E-state index >= 15 is 0 Å². The van der Waals surface area contributed by atoms with Crippen LogP contribution in [0.15, 0.2) is 65.8 Å². The summed E-state index contributed by atoms with van der Waals surface area (Å²) in [7, 11) is 0. The van der Waals surface area contributed by atoms with E-state index in [0.717, 1.165) is 17.8 Å². The Morgan fingerprint density at radius 2 is 1.31 bits per heavy atom. The van der Waals surface area contributed by atoms with Gasteiger partial charge in [-0.15, -0.1) is 0 Å². The molecule has 1 aliphatic rings. The van der Waals surface area contributed by atoms with Gasteiger partial charge >= 0.3 is 0 Å². The first-order valence-electron chi connectivity index (χ1n) is 21.3. The van der Waals surface area contributed by atoms with Crippen molar-refractivity contribution in [1.82, 2.24) is 42.2 Å². The van der Waals surface area contributed by atoms with Gasteiger partial charge in [0.05, 0.1) is 0 Å². The molecule has 0 bridgehead atoms. The third-order valence-electron chi connectivity index (χ3n) is 10.5. The van der Waals surface area contributed by atoms with Crippen LogP contribution in [0.4, 0.5) is 0 Å². The third-order valence-corrected chi connectivity index (χ3v) is 10.5. The summed E-state index contributed by atoms with van der Waals surface area (Å²) in [6.45, 7) is 1.26. The minimum atomic E-state index is -1.46. The summed E-state index contributed by atoms with van der Waals surface area (Å²) in [5, 5.41) is 19.2. The molecule has 22 heteroatoms. The van der Waals surface area contributed by atoms with Crippen molar-refractivity contribution in [2.24, 2.45) is 27.9 Å². The van der Waals surface area contributed by atoms with Gasteiger partial charge in [0.25, 0.3) is 0 Å². The summed E-state index contributed by atoms with van der Waals surface area (Å²) < 4.78 is 0. The molecule has 65 heavy (non-hydrogen) atoms. The molecule has 0 spiro atoms. The van der Waals surface area contributed by atoms with Crippen LogP contribution in [0.1, 0.15) is 69.4 Å². The summed E-state index contributed by atoms with van der Waals surface area (Å²) in [5.41, 5.74) is 24.2. The van der Waals surface area contributed by atoms with E-state index in [2.05, 4.69) is 47.2 Å². The van der Waals surface area contributed by atoms with Gasteiger partial charge in [0.2, 0.25) is 53.2 Å². The maximum Gasteiger partial charge on any atom is 0.243 e. The van der Waals surface area contributed by atoms with Crippen LogP contribution < -0.4 is 60.2 Å². The number of nitrogens with zero attached hydrogens (tertiary/aromatic N) is 1. The van der Waals surface area contributed by atoms with E-state index in [1.54, 1.807) is 36.5 Å². The number of para-hydroxylation sites is 1. The van der Waals surface area contributed by atoms with Gasteiger partial charge in [0.15, 0.2) is 5.96 Å². The fourth-order valence-corrected chi connectivity index (χ4v) is 7.18. The number of rotatable bonds is 13. The first-order chi connectivity index (χ1) is 31.0. The Hall–Kier alpha value is -7.52. The van der Waals surface area contributed by atoms with Gasteiger partial charge < -0.3 is 65.1 Å². The molecule has 1 aromatic heterocycles. The summed E-state index contributed by atoms with van der Waals surface area (Å²) in [6, 6.07) is 7.81. The second kappa shape index (κ2) is 24.9. The van der Waals surface area contributed by atoms with Gasteiger partial charge in [-0.05, 0) is 55.7 Å². The van der Waals surface area contributed by atoms with Crippen LogP contribution in [-0.4, -0.2) is 113 Å². The molecule has 1 fully saturated rings. The van der Waals surface area contributed by atoms with Crippen LogP contribution in [-0.2, 0) is 56.0 Å². The smallest absolute Gasteiger partial charge is 0.243 e. The fourth-order valence-electron chi connectivity index (χ4n) is 7.18. The number of aliphatic imine (C=N–C) groups is 1. The highest BCUT2D eigenvalue weighted by molar-refractivity contribution is 5.98. The van der Waals surface area contributed by atoms with Crippen molar-refractivity contribution in [1.29, 1.82) is 0 Å². The monoisotopic (exact) mass is 901 g/mol. The van der Waals surface area contributed by atoms with Crippen molar-refractivity contribution in [2.45, 2.75) is 107 Å². The second-order valence-electron chi connectivity index (χ2n) is 15.7. The van der Waals surface area contributed by atoms with Gasteiger partial charge in [-0.2, -0.15) is 0 Å². The lowest BCUT2D eigenvalue weighted by atomic mass is 10.0. The number of fused-ring (bicyclic) bond motifs is 1. The average molecular weight is 902 g/mol. The van der Waals surface area contributed by atoms with E-state index < -0.39 is 89.4 Å². The highest BCUT2D eigenvalue weighted by Crippen LogP contribution is 2.20. The number of H-pyrrole nitrogens is 1. The van der Waals surface area contributed by atoms with Crippen LogP contribution in [0.25, 0.3) is 10.9 Å². The molecule has 0 aliphatic carbocycles. The number of carbonyl (C=O) groups excluding carboxylic acids is 9. The first-order valence-corrected chi connectivity index (χ1v) is 21.3. The van der Waals surface area contributed by atoms with Crippen LogP contribution in [0.5, 0.6) is 0 Å². The number of hydrogen-bond acceptors (Lipinski definition) is 10. The lowest BCUT2D eigenvalue weighted by Crippen LogP contribution is -2.60. The summed E-state index contributed by atoms with van der Waals surface area (Å²) in [6.07, 6.45) is 0.657. The molecule has 3 aromatic rings. The number of primary amides is 2. The molecule has 0 unspecified atom stereocenters. The molecule has 22 nitrogen and oxygen atoms in total. The Balaban J connectivity index is 1.77. The Morgan fingerprint density at radius 1 is 0.708 bits per heavy atom. The number of hydrogen-bond donors (Lipinski definition) is 12. The normalized spacial score (nSPS) is 22.2. The summed E-state index contributed by atoms with van der Waals surface area (Å²) in [5.74, 6) is -7.16. The number of carbonyl (C=O) groups is 9. The van der Waals surface area contributed by atoms with E-state index in [9.17, 15) is 43.2 Å². The van der Waals surface area contributed by atoms with E-state index in [0.29, 0.717) is 11.1 Å². The summed E-state index contributed by atoms with van der Waals surface area (Å²) in [4.78, 5) is 127. The highest BCUT2D eigenvalue weighted by Gasteiger charge is 2.34. The van der Waals surface area contributed by atoms with Gasteiger partial charge in [-0.3, -0.25) is 48.1 Å². The van der Waals surface area contributed by atoms with Crippen molar-refractivity contribution >= 4 is 70.0 Å². The number of aromatic nitrogens is 1. The van der Waals surface area contributed by atoms with Crippen molar-refractivity contribution in [2.75, 3.05) is 13.1 Å². The lowest BCUT2D eigenvalue weighted by molar-refractivity contribution is -0.135. The largest absolute Gasteiger partial charge is 0.370 e. The van der Waals surface area contributed by atoms with Crippen molar-refractivity contribution < 1.29 is 43.2 Å². The Labute approximate surface area is 375 Å². The number of nitrogens with one attached hydrogen (secondary N) is 8. The maximum atomic E-state index is 14.4. The van der Waals surface area contributed by atoms with E-state index in [1.807, 2.05) is 24.3 Å². The number of amides is 9. The van der Waals surface area contributed by atoms with Gasteiger partial charge in [-0.25, -0.2) is 0 Å². The molecule has 1 aliphatic heterocycles. The molecular formula is C43H59N13O9. The molecule has 2 heterocycles. The van der Waals surface area contributed by atoms with Crippen LogP contribution in [0.3, 0.4) is 0 Å². The standard InChI is InChI=1S/C43H59N13O9/c1-24(57)51-31-16-18-36(59)48-19-7-13-29(37(45)60)52-42(65)34(22-26-23-50-28-12-6-5-11-27(26)28)56-38(61)30(14-8-20-49-43(46)47)53-41(64)33(21-25-9-3-2-4-10-25)55-40(63)32(54-39(31)62)15-17-35(44)58/h2-6,9-12,23,29-34,50H,7-8,13-22H2,1H3,(H2,44,58)(H2,45,60)(H,48,59)(H,51,57)(H,52,65)(H,53,64)(H,54,62)(H,55,63)(H,56,61)(H4,46,47,49)/t29-,30-,31-,32-,33+,34-/m0/s1. The molecule has 2 aromatic carbocycles. The van der Waals surface area contributed by atoms with Crippen LogP contribution in [0, 0.1) is 0 Å². The van der Waals surface area contributed by atoms with Crippen molar-refractivity contribution in [3.8, 4) is 0 Å². The van der Waals surface area contributed by atoms with Gasteiger partial charge in [0.1, 0.15) is 36.3 Å². The Bertz CT molecular complexity index is 2210. The zero-order valence-corrected chi connectivity index (χ0v) is 36.2. The number of aromatic amines is 1. The quantitative estimate of drug-likeness (QED) is 0.0479. The topological polar surface area (TPSA) is 370 Å². The van der Waals surface area contributed by atoms with Crippen molar-refractivity contribution in [3.63, 3.8) is 0 Å². The minimum Gasteiger partial charge on any atom is -0.370 e. The molecule has 0 radical (unpaired) electrons. The lowest BCUT2D eigenvalue weighted by Gasteiger charge is -2.27. The molecular weight excluding hydrogens is 843 g/mol. The number of guanidine groups is 1. The highest BCUT2D eigenvalue weighted by atomic mass is 16.2. The van der Waals surface area contributed by atoms with E-state index in [4.69, 9.17) is 22.9 Å². The number of nitrogens with two attached hydrogens (primary N) is 4. The third kappa shape index (κ3) is 16.6. The molecule has 16 N–H and O–H groups in total. The van der Waals surface area contributed by atoms with Crippen LogP contribution >= 0.6 is 0 Å². The second-order valence-corrected chi connectivity index (χ2v) is 15.7. The molecule has 9 amide bonds. The Morgan fingerprint density at radius 3 is 1.97 bits per heavy atom. The SMILES string of the molecule is CC(=O)N[C@H]1CCC(=O)NCCC[C@@H](C(N)=O)NC(=O)[C@H](Cc2c[nH]c3ccccc23)NC(=O)[C@H](CCCN=C(N)N)NC(=O)[C@@H](Cc2ccccc2)NC(=O)[C@H](CCC(N)=O)NC1=O. The average Bonchev–Trinajstić information content (AvgIpc) is 3.67. The number of benzene rings is 2. The van der Waals surface area contributed by atoms with Gasteiger partial charge in [-0.1, -0.05) is 48.5 Å². The fraction of sp³-hybridized carbons (Fsp3) is 0.442. The first kappa shape index (κ1) is 50.1. The molecule has 350 valence electrons. The minimum absolute atomic E-state index is 0.00791. The zero-order valence-electron chi connectivity index (χ0n) is 36.2. The molecule has 0 saturated carbocycles. The Kier molecular flexibility index (Phi) is 19.2. The van der Waals surface area contributed by atoms with Crippen molar-refractivity contribution in [3.05, 3.63) is 71.9 Å². The van der Waals surface area contributed by atoms with E-state index in [1.165, 1.54) is 0 Å². The molecule has 1 saturated heterocycles. The zero-order chi connectivity index (χ0) is 47.5. The predicted molar refractivity (Wildman–Crippen MR) is 238 cm³/mol.